The van der Waals surface area contributed by atoms with E-state index >= 15 is 0 Å². The van der Waals surface area contributed by atoms with Crippen molar-refractivity contribution in [3.63, 3.8) is 0 Å². The summed E-state index contributed by atoms with van der Waals surface area (Å²) in [5, 5.41) is 8.15. The van der Waals surface area contributed by atoms with E-state index in [9.17, 15) is 14.0 Å². The number of thiazole rings is 1. The Hall–Kier alpha value is -2.77. The van der Waals surface area contributed by atoms with E-state index in [-0.39, 0.29) is 30.6 Å². The van der Waals surface area contributed by atoms with Gasteiger partial charge in [0, 0.05) is 34.5 Å². The van der Waals surface area contributed by atoms with Gasteiger partial charge in [-0.25, -0.2) is 9.37 Å². The van der Waals surface area contributed by atoms with Crippen LogP contribution in [0.4, 0.5) is 9.52 Å². The molecule has 138 valence electrons. The molecule has 1 heterocycles. The third-order valence-corrected chi connectivity index (χ3v) is 4.64. The lowest BCUT2D eigenvalue weighted by Crippen LogP contribution is -2.27. The van der Waals surface area contributed by atoms with Gasteiger partial charge < -0.3 is 10.6 Å². The molecule has 0 radical (unpaired) electrons. The van der Waals surface area contributed by atoms with Crippen LogP contribution >= 0.6 is 22.9 Å². The number of benzene rings is 2. The molecule has 0 aliphatic rings. The zero-order valence-corrected chi connectivity index (χ0v) is 15.6. The fourth-order valence-electron chi connectivity index (χ4n) is 2.26. The number of aromatic nitrogens is 1. The number of hydrogen-bond donors (Lipinski definition) is 2. The number of nitrogens with one attached hydrogen (secondary N) is 2. The molecule has 0 saturated carbocycles. The molecule has 1 aromatic heterocycles. The topological polar surface area (TPSA) is 71.1 Å². The van der Waals surface area contributed by atoms with Crippen LogP contribution in [0.1, 0.15) is 16.8 Å². The van der Waals surface area contributed by atoms with Crippen LogP contribution in [-0.4, -0.2) is 23.3 Å². The summed E-state index contributed by atoms with van der Waals surface area (Å²) in [6.45, 7) is 0.198. The maximum absolute atomic E-state index is 13.0. The number of carbonyl (C=O) groups excluding carboxylic acids is 2. The highest BCUT2D eigenvalue weighted by Crippen LogP contribution is 2.25. The van der Waals surface area contributed by atoms with Crippen LogP contribution in [0, 0.1) is 5.82 Å². The zero-order valence-electron chi connectivity index (χ0n) is 14.0. The Bertz CT molecular complexity index is 942. The highest BCUT2D eigenvalue weighted by atomic mass is 35.5. The van der Waals surface area contributed by atoms with Crippen molar-refractivity contribution >= 4 is 39.9 Å². The lowest BCUT2D eigenvalue weighted by molar-refractivity contribution is -0.116. The molecular formula is C19H15ClFN3O2S. The van der Waals surface area contributed by atoms with Crippen molar-refractivity contribution in [2.45, 2.75) is 6.42 Å². The third-order valence-electron chi connectivity index (χ3n) is 3.63. The van der Waals surface area contributed by atoms with Crippen LogP contribution in [0.15, 0.2) is 53.9 Å². The van der Waals surface area contributed by atoms with E-state index in [1.165, 1.54) is 23.5 Å². The molecule has 3 aromatic rings. The number of amides is 2. The van der Waals surface area contributed by atoms with Gasteiger partial charge in [-0.1, -0.05) is 11.6 Å². The second kappa shape index (κ2) is 8.75. The van der Waals surface area contributed by atoms with Gasteiger partial charge in [0.1, 0.15) is 5.82 Å². The van der Waals surface area contributed by atoms with Gasteiger partial charge in [-0.05, 0) is 48.5 Å². The van der Waals surface area contributed by atoms with Gasteiger partial charge >= 0.3 is 0 Å². The van der Waals surface area contributed by atoms with Crippen LogP contribution in [0.3, 0.4) is 0 Å². The van der Waals surface area contributed by atoms with E-state index in [0.29, 0.717) is 21.4 Å². The van der Waals surface area contributed by atoms with Crippen LogP contribution in [0.5, 0.6) is 0 Å². The molecule has 0 atom stereocenters. The summed E-state index contributed by atoms with van der Waals surface area (Å²) in [4.78, 5) is 28.3. The van der Waals surface area contributed by atoms with Gasteiger partial charge in [0.2, 0.25) is 5.91 Å². The molecule has 27 heavy (non-hydrogen) atoms. The summed E-state index contributed by atoms with van der Waals surface area (Å²) in [5.41, 5.74) is 1.90. The molecule has 0 aliphatic carbocycles. The molecule has 2 amide bonds. The summed E-state index contributed by atoms with van der Waals surface area (Å²) in [5.74, 6) is -0.845. The van der Waals surface area contributed by atoms with E-state index < -0.39 is 0 Å². The molecule has 8 heteroatoms. The monoisotopic (exact) mass is 403 g/mol. The lowest BCUT2D eigenvalue weighted by Gasteiger charge is -2.05. The number of carbonyl (C=O) groups is 2. The van der Waals surface area contributed by atoms with E-state index in [1.807, 2.05) is 0 Å². The number of nitrogens with zero attached hydrogens (tertiary/aromatic N) is 1. The maximum Gasteiger partial charge on any atom is 0.251 e. The summed E-state index contributed by atoms with van der Waals surface area (Å²) >= 11 is 7.06. The molecule has 3 rings (SSSR count). The third kappa shape index (κ3) is 5.35. The van der Waals surface area contributed by atoms with Crippen molar-refractivity contribution in [3.8, 4) is 11.3 Å². The smallest absolute Gasteiger partial charge is 0.251 e. The first-order valence-electron chi connectivity index (χ1n) is 8.06. The number of halogens is 2. The normalized spacial score (nSPS) is 10.4. The molecule has 2 aromatic carbocycles. The van der Waals surface area contributed by atoms with Gasteiger partial charge in [0.25, 0.3) is 5.91 Å². The van der Waals surface area contributed by atoms with Crippen molar-refractivity contribution < 1.29 is 14.0 Å². The van der Waals surface area contributed by atoms with Crippen molar-refractivity contribution in [2.75, 3.05) is 11.9 Å². The largest absolute Gasteiger partial charge is 0.352 e. The molecular weight excluding hydrogens is 389 g/mol. The summed E-state index contributed by atoms with van der Waals surface area (Å²) < 4.78 is 13.0. The Morgan fingerprint density at radius 3 is 2.48 bits per heavy atom. The minimum Gasteiger partial charge on any atom is -0.352 e. The highest BCUT2D eigenvalue weighted by molar-refractivity contribution is 7.14. The highest BCUT2D eigenvalue weighted by Gasteiger charge is 2.10. The number of anilines is 1. The van der Waals surface area contributed by atoms with Crippen molar-refractivity contribution in [2.24, 2.45) is 0 Å². The molecule has 0 bridgehead atoms. The van der Waals surface area contributed by atoms with Crippen molar-refractivity contribution in [3.05, 3.63) is 70.3 Å². The molecule has 0 unspecified atom stereocenters. The Labute approximate surface area is 164 Å². The van der Waals surface area contributed by atoms with Crippen LogP contribution in [-0.2, 0) is 4.79 Å². The number of hydrogen-bond acceptors (Lipinski definition) is 4. The molecule has 0 aliphatic heterocycles. The fraction of sp³-hybridized carbons (Fsp3) is 0.105. The first-order valence-corrected chi connectivity index (χ1v) is 9.32. The van der Waals surface area contributed by atoms with Crippen LogP contribution < -0.4 is 10.6 Å². The van der Waals surface area contributed by atoms with Gasteiger partial charge in [0.05, 0.1) is 5.69 Å². The second-order valence-corrected chi connectivity index (χ2v) is 6.90. The van der Waals surface area contributed by atoms with Crippen molar-refractivity contribution in [1.29, 1.82) is 0 Å². The minimum atomic E-state index is -0.317. The summed E-state index contributed by atoms with van der Waals surface area (Å²) in [7, 11) is 0. The van der Waals surface area contributed by atoms with E-state index in [2.05, 4.69) is 15.6 Å². The van der Waals surface area contributed by atoms with E-state index in [4.69, 9.17) is 11.6 Å². The Morgan fingerprint density at radius 1 is 1.07 bits per heavy atom. The van der Waals surface area contributed by atoms with E-state index in [1.54, 1.807) is 41.8 Å². The lowest BCUT2D eigenvalue weighted by atomic mass is 10.2. The average Bonchev–Trinajstić information content (AvgIpc) is 3.11. The Balaban J connectivity index is 1.47. The first kappa shape index (κ1) is 19.0. The molecule has 0 saturated heterocycles. The summed E-state index contributed by atoms with van der Waals surface area (Å²) in [6, 6.07) is 12.5. The average molecular weight is 404 g/mol. The van der Waals surface area contributed by atoms with E-state index in [0.717, 1.165) is 5.56 Å². The second-order valence-electron chi connectivity index (χ2n) is 5.61. The zero-order chi connectivity index (χ0) is 19.2. The molecule has 0 spiro atoms. The molecule has 5 nitrogen and oxygen atoms in total. The minimum absolute atomic E-state index is 0.116. The fourth-order valence-corrected chi connectivity index (χ4v) is 3.12. The van der Waals surface area contributed by atoms with Gasteiger partial charge in [-0.2, -0.15) is 0 Å². The maximum atomic E-state index is 13.0. The van der Waals surface area contributed by atoms with Crippen molar-refractivity contribution in [1.82, 2.24) is 10.3 Å². The van der Waals surface area contributed by atoms with Gasteiger partial charge in [-0.3, -0.25) is 9.59 Å². The first-order chi connectivity index (χ1) is 13.0. The quantitative estimate of drug-likeness (QED) is 0.642. The predicted octanol–water partition coefficient (Wildman–Crippen LogP) is 4.36. The Morgan fingerprint density at radius 2 is 1.78 bits per heavy atom. The van der Waals surface area contributed by atoms with Gasteiger partial charge in [-0.15, -0.1) is 11.3 Å². The van der Waals surface area contributed by atoms with Crippen LogP contribution in [0.2, 0.25) is 5.02 Å². The molecule has 0 fully saturated rings. The van der Waals surface area contributed by atoms with Crippen LogP contribution in [0.25, 0.3) is 11.3 Å². The number of rotatable bonds is 6. The SMILES string of the molecule is O=C(CCNC(=O)c1ccc(Cl)cc1)Nc1nc(-c2ccc(F)cc2)cs1. The standard InChI is InChI=1S/C19H15ClFN3O2S/c20-14-5-1-13(2-6-14)18(26)22-10-9-17(25)24-19-23-16(11-27-19)12-3-7-15(21)8-4-12/h1-8,11H,9-10H2,(H,22,26)(H,23,24,25). The molecule has 2 N–H and O–H groups in total. The Kier molecular flexibility index (Phi) is 6.16. The summed E-state index contributed by atoms with van der Waals surface area (Å²) in [6.07, 6.45) is 0.116. The predicted molar refractivity (Wildman–Crippen MR) is 105 cm³/mol. The van der Waals surface area contributed by atoms with Gasteiger partial charge in [0.15, 0.2) is 5.13 Å².